The van der Waals surface area contributed by atoms with Crippen LogP contribution >= 0.6 is 0 Å². The lowest BCUT2D eigenvalue weighted by molar-refractivity contribution is -0.0372. The zero-order valence-corrected chi connectivity index (χ0v) is 13.5. The molecule has 0 spiro atoms. The predicted molar refractivity (Wildman–Crippen MR) is 80.5 cm³/mol. The van der Waals surface area contributed by atoms with E-state index in [1.807, 2.05) is 16.9 Å². The first kappa shape index (κ1) is 16.4. The van der Waals surface area contributed by atoms with Gasteiger partial charge in [-0.25, -0.2) is 12.7 Å². The van der Waals surface area contributed by atoms with E-state index in [-0.39, 0.29) is 11.9 Å². The van der Waals surface area contributed by atoms with Gasteiger partial charge in [-0.2, -0.15) is 5.10 Å². The predicted octanol–water partition coefficient (Wildman–Crippen LogP) is -0.135. The summed E-state index contributed by atoms with van der Waals surface area (Å²) in [4.78, 5) is 2.27. The summed E-state index contributed by atoms with van der Waals surface area (Å²) in [6.45, 7) is 3.89. The molecule has 0 bridgehead atoms. The average Bonchev–Trinajstić information content (AvgIpc) is 2.91. The molecule has 8 heteroatoms. The molecular formula is C13H24N4O3S. The molecule has 0 saturated carbocycles. The number of morpholine rings is 1. The second-order valence-electron chi connectivity index (χ2n) is 5.47. The molecule has 1 saturated heterocycles. The van der Waals surface area contributed by atoms with Crippen molar-refractivity contribution in [2.24, 2.45) is 0 Å². The summed E-state index contributed by atoms with van der Waals surface area (Å²) in [6.07, 6.45) is 4.44. The van der Waals surface area contributed by atoms with Crippen LogP contribution in [0.3, 0.4) is 0 Å². The van der Waals surface area contributed by atoms with E-state index >= 15 is 0 Å². The van der Waals surface area contributed by atoms with Crippen molar-refractivity contribution >= 4 is 10.0 Å². The van der Waals surface area contributed by atoms with E-state index in [1.54, 1.807) is 20.3 Å². The van der Waals surface area contributed by atoms with Gasteiger partial charge in [0.05, 0.1) is 25.0 Å². The maximum atomic E-state index is 11.7. The number of hydrogen-bond acceptors (Lipinski definition) is 5. The molecule has 0 radical (unpaired) electrons. The molecule has 1 aliphatic heterocycles. The van der Waals surface area contributed by atoms with Crippen LogP contribution in [0.1, 0.15) is 6.42 Å². The third kappa shape index (κ3) is 5.06. The van der Waals surface area contributed by atoms with E-state index < -0.39 is 10.0 Å². The van der Waals surface area contributed by atoms with Crippen LogP contribution in [0.25, 0.3) is 0 Å². The second kappa shape index (κ2) is 7.35. The van der Waals surface area contributed by atoms with Crippen molar-refractivity contribution in [3.8, 4) is 0 Å². The van der Waals surface area contributed by atoms with Gasteiger partial charge in [0.25, 0.3) is 0 Å². The summed E-state index contributed by atoms with van der Waals surface area (Å²) in [5, 5.41) is 4.18. The van der Waals surface area contributed by atoms with Crippen LogP contribution in [0, 0.1) is 0 Å². The van der Waals surface area contributed by atoms with Gasteiger partial charge in [0.15, 0.2) is 0 Å². The molecular weight excluding hydrogens is 292 g/mol. The molecule has 21 heavy (non-hydrogen) atoms. The van der Waals surface area contributed by atoms with Gasteiger partial charge in [0, 0.05) is 39.6 Å². The lowest BCUT2D eigenvalue weighted by Gasteiger charge is -2.32. The van der Waals surface area contributed by atoms with Crippen molar-refractivity contribution in [2.45, 2.75) is 19.1 Å². The molecule has 1 atom stereocenters. The summed E-state index contributed by atoms with van der Waals surface area (Å²) in [5.74, 6) is 0.196. The zero-order chi connectivity index (χ0) is 15.3. The largest absolute Gasteiger partial charge is 0.374 e. The highest BCUT2D eigenvalue weighted by molar-refractivity contribution is 7.89. The molecule has 7 nitrogen and oxygen atoms in total. The number of nitrogens with zero attached hydrogens (tertiary/aromatic N) is 4. The Kier molecular flexibility index (Phi) is 5.74. The lowest BCUT2D eigenvalue weighted by Crippen LogP contribution is -2.45. The van der Waals surface area contributed by atoms with E-state index in [1.165, 1.54) is 4.31 Å². The molecule has 0 aliphatic carbocycles. The quantitative estimate of drug-likeness (QED) is 0.701. The Labute approximate surface area is 126 Å². The van der Waals surface area contributed by atoms with Crippen LogP contribution in [0.15, 0.2) is 18.5 Å². The fourth-order valence-electron chi connectivity index (χ4n) is 2.36. The van der Waals surface area contributed by atoms with Crippen molar-refractivity contribution in [3.63, 3.8) is 0 Å². The average molecular weight is 316 g/mol. The van der Waals surface area contributed by atoms with Crippen LogP contribution in [-0.4, -0.2) is 79.6 Å². The van der Waals surface area contributed by atoms with Crippen molar-refractivity contribution in [1.82, 2.24) is 19.0 Å². The Bertz CT molecular complexity index is 516. The molecule has 120 valence electrons. The molecule has 0 N–H and O–H groups in total. The number of hydrogen-bond donors (Lipinski definition) is 0. The minimum Gasteiger partial charge on any atom is -0.374 e. The van der Waals surface area contributed by atoms with E-state index in [0.29, 0.717) is 13.0 Å². The molecule has 1 aliphatic rings. The molecule has 2 rings (SSSR count). The Morgan fingerprint density at radius 3 is 2.90 bits per heavy atom. The molecule has 0 amide bonds. The van der Waals surface area contributed by atoms with Crippen LogP contribution in [-0.2, 0) is 21.3 Å². The summed E-state index contributed by atoms with van der Waals surface area (Å²) >= 11 is 0. The van der Waals surface area contributed by atoms with Crippen molar-refractivity contribution in [3.05, 3.63) is 18.5 Å². The Hall–Kier alpha value is -0.960. The number of rotatable bonds is 7. The van der Waals surface area contributed by atoms with Crippen LogP contribution in [0.4, 0.5) is 0 Å². The third-order valence-corrected chi connectivity index (χ3v) is 5.52. The van der Waals surface area contributed by atoms with Crippen molar-refractivity contribution in [1.29, 1.82) is 0 Å². The highest BCUT2D eigenvalue weighted by atomic mass is 32.2. The number of sulfonamides is 1. The highest BCUT2D eigenvalue weighted by Gasteiger charge is 2.21. The first-order valence-corrected chi connectivity index (χ1v) is 8.80. The van der Waals surface area contributed by atoms with Crippen LogP contribution in [0.5, 0.6) is 0 Å². The second-order valence-corrected chi connectivity index (χ2v) is 7.78. The minimum absolute atomic E-state index is 0.115. The molecule has 1 aromatic heterocycles. The van der Waals surface area contributed by atoms with Gasteiger partial charge in [-0.15, -0.1) is 0 Å². The maximum Gasteiger partial charge on any atom is 0.213 e. The lowest BCUT2D eigenvalue weighted by atomic mass is 10.2. The van der Waals surface area contributed by atoms with Crippen molar-refractivity contribution < 1.29 is 13.2 Å². The van der Waals surface area contributed by atoms with Gasteiger partial charge in [-0.1, -0.05) is 0 Å². The van der Waals surface area contributed by atoms with Gasteiger partial charge in [0.1, 0.15) is 0 Å². The van der Waals surface area contributed by atoms with Gasteiger partial charge in [-0.3, -0.25) is 9.58 Å². The minimum atomic E-state index is -3.09. The van der Waals surface area contributed by atoms with Gasteiger partial charge < -0.3 is 4.74 Å². The standard InChI is InChI=1S/C13H24N4O3S/c1-15(2)21(18,19)10-4-6-16-8-9-20-13(11-16)12-17-7-3-5-14-17/h3,5,7,13H,4,6,8-12H2,1-2H3/t13-/m0/s1. The SMILES string of the molecule is CN(C)S(=O)(=O)CCCN1CCO[C@H](Cn2cccn2)C1. The summed E-state index contributed by atoms with van der Waals surface area (Å²) in [5.41, 5.74) is 0. The van der Waals surface area contributed by atoms with Gasteiger partial charge >= 0.3 is 0 Å². The highest BCUT2D eigenvalue weighted by Crippen LogP contribution is 2.08. The first-order chi connectivity index (χ1) is 9.97. The van der Waals surface area contributed by atoms with E-state index in [9.17, 15) is 8.42 Å². The summed E-state index contributed by atoms with van der Waals surface area (Å²) in [6, 6.07) is 1.90. The monoisotopic (exact) mass is 316 g/mol. The van der Waals surface area contributed by atoms with E-state index in [0.717, 1.165) is 26.2 Å². The maximum absolute atomic E-state index is 11.7. The fourth-order valence-corrected chi connectivity index (χ4v) is 3.22. The molecule has 1 fully saturated rings. The zero-order valence-electron chi connectivity index (χ0n) is 12.7. The van der Waals surface area contributed by atoms with E-state index in [2.05, 4.69) is 10.00 Å². The third-order valence-electron chi connectivity index (χ3n) is 3.61. The topological polar surface area (TPSA) is 67.7 Å². The van der Waals surface area contributed by atoms with Gasteiger partial charge in [-0.05, 0) is 19.0 Å². The Balaban J connectivity index is 1.74. The Morgan fingerprint density at radius 2 is 2.24 bits per heavy atom. The summed E-state index contributed by atoms with van der Waals surface area (Å²) in [7, 11) is 0.0549. The number of aromatic nitrogens is 2. The smallest absolute Gasteiger partial charge is 0.213 e. The summed E-state index contributed by atoms with van der Waals surface area (Å²) < 4.78 is 32.3. The van der Waals surface area contributed by atoms with E-state index in [4.69, 9.17) is 4.74 Å². The molecule has 0 aromatic carbocycles. The van der Waals surface area contributed by atoms with Crippen LogP contribution in [0.2, 0.25) is 0 Å². The number of ether oxygens (including phenoxy) is 1. The Morgan fingerprint density at radius 1 is 1.43 bits per heavy atom. The normalized spacial score (nSPS) is 21.0. The molecule has 0 unspecified atom stereocenters. The molecule has 2 heterocycles. The van der Waals surface area contributed by atoms with Crippen LogP contribution < -0.4 is 0 Å². The van der Waals surface area contributed by atoms with Gasteiger partial charge in [0.2, 0.25) is 10.0 Å². The molecule has 1 aromatic rings. The fraction of sp³-hybridized carbons (Fsp3) is 0.769. The first-order valence-electron chi connectivity index (χ1n) is 7.19. The van der Waals surface area contributed by atoms with Crippen molar-refractivity contribution in [2.75, 3.05) is 46.1 Å².